The standard InChI is InChI=1S/C20H17F2NO4S2/c1-2-28(24,25)16-8-10-17(11-9-16)29(26,27)23-20-18(12-15(21)13-19(20)22)14-6-4-3-5-7-14/h3-13,23H,2H2,1H3. The summed E-state index contributed by atoms with van der Waals surface area (Å²) in [7, 11) is -7.75. The van der Waals surface area contributed by atoms with Gasteiger partial charge in [0.05, 0.1) is 21.2 Å². The Balaban J connectivity index is 2.04. The summed E-state index contributed by atoms with van der Waals surface area (Å²) >= 11 is 0. The zero-order valence-electron chi connectivity index (χ0n) is 15.3. The maximum Gasteiger partial charge on any atom is 0.262 e. The van der Waals surface area contributed by atoms with Crippen LogP contribution in [-0.2, 0) is 19.9 Å². The molecule has 1 N–H and O–H groups in total. The lowest BCUT2D eigenvalue weighted by molar-refractivity contribution is 0.583. The Morgan fingerprint density at radius 2 is 1.41 bits per heavy atom. The first-order valence-electron chi connectivity index (χ1n) is 8.54. The highest BCUT2D eigenvalue weighted by Crippen LogP contribution is 2.33. The van der Waals surface area contributed by atoms with Crippen molar-refractivity contribution in [3.63, 3.8) is 0 Å². The molecule has 9 heteroatoms. The topological polar surface area (TPSA) is 80.3 Å². The van der Waals surface area contributed by atoms with Gasteiger partial charge in [0.25, 0.3) is 10.0 Å². The zero-order valence-corrected chi connectivity index (χ0v) is 16.9. The maximum absolute atomic E-state index is 14.5. The van der Waals surface area contributed by atoms with Crippen LogP contribution in [0.15, 0.2) is 76.5 Å². The molecule has 0 fully saturated rings. The summed E-state index contributed by atoms with van der Waals surface area (Å²) in [6, 6.07) is 14.4. The van der Waals surface area contributed by atoms with E-state index in [0.29, 0.717) is 11.6 Å². The lowest BCUT2D eigenvalue weighted by Gasteiger charge is -2.14. The minimum Gasteiger partial charge on any atom is -0.276 e. The van der Waals surface area contributed by atoms with Crippen LogP contribution in [0.1, 0.15) is 6.92 Å². The zero-order chi connectivity index (χ0) is 21.2. The van der Waals surface area contributed by atoms with E-state index in [0.717, 1.165) is 18.2 Å². The van der Waals surface area contributed by atoms with Crippen molar-refractivity contribution >= 4 is 25.5 Å². The third-order valence-corrected chi connectivity index (χ3v) is 7.37. The number of benzene rings is 3. The number of nitrogens with one attached hydrogen (secondary N) is 1. The van der Waals surface area contributed by atoms with Gasteiger partial charge in [0, 0.05) is 11.6 Å². The molecular weight excluding hydrogens is 420 g/mol. The molecule has 0 atom stereocenters. The van der Waals surface area contributed by atoms with E-state index >= 15 is 0 Å². The van der Waals surface area contributed by atoms with E-state index in [2.05, 4.69) is 4.72 Å². The van der Waals surface area contributed by atoms with Gasteiger partial charge < -0.3 is 0 Å². The van der Waals surface area contributed by atoms with E-state index in [1.807, 2.05) is 0 Å². The van der Waals surface area contributed by atoms with Crippen LogP contribution in [0.3, 0.4) is 0 Å². The van der Waals surface area contributed by atoms with Gasteiger partial charge in [-0.1, -0.05) is 37.3 Å². The quantitative estimate of drug-likeness (QED) is 0.626. The molecule has 0 aliphatic carbocycles. The summed E-state index contributed by atoms with van der Waals surface area (Å²) in [6.45, 7) is 1.48. The summed E-state index contributed by atoms with van der Waals surface area (Å²) in [5.41, 5.74) is 0.0627. The molecule has 0 heterocycles. The predicted octanol–water partition coefficient (Wildman–Crippen LogP) is 4.23. The van der Waals surface area contributed by atoms with Crippen LogP contribution in [0.2, 0.25) is 0 Å². The largest absolute Gasteiger partial charge is 0.276 e. The first-order chi connectivity index (χ1) is 13.6. The summed E-state index contributed by atoms with van der Waals surface area (Å²) in [5, 5.41) is 0. The van der Waals surface area contributed by atoms with Crippen molar-refractivity contribution in [2.24, 2.45) is 0 Å². The molecular formula is C20H17F2NO4S2. The Morgan fingerprint density at radius 3 is 2.00 bits per heavy atom. The first-order valence-corrected chi connectivity index (χ1v) is 11.7. The van der Waals surface area contributed by atoms with Gasteiger partial charge in [-0.25, -0.2) is 25.6 Å². The minimum absolute atomic E-state index is 0.0168. The summed E-state index contributed by atoms with van der Waals surface area (Å²) in [4.78, 5) is -0.271. The van der Waals surface area contributed by atoms with Gasteiger partial charge in [-0.2, -0.15) is 0 Å². The number of sulfone groups is 1. The van der Waals surface area contributed by atoms with E-state index in [-0.39, 0.29) is 21.1 Å². The van der Waals surface area contributed by atoms with Crippen molar-refractivity contribution in [1.29, 1.82) is 0 Å². The number of halogens is 2. The second kappa shape index (κ2) is 7.92. The number of sulfonamides is 1. The molecule has 3 rings (SSSR count). The Hall–Kier alpha value is -2.78. The fourth-order valence-corrected chi connectivity index (χ4v) is 4.68. The number of rotatable bonds is 6. The van der Waals surface area contributed by atoms with Crippen LogP contribution in [0, 0.1) is 11.6 Å². The monoisotopic (exact) mass is 437 g/mol. The Kier molecular flexibility index (Phi) is 5.72. The van der Waals surface area contributed by atoms with E-state index < -0.39 is 37.2 Å². The van der Waals surface area contributed by atoms with Crippen LogP contribution < -0.4 is 4.72 Å². The fraction of sp³-hybridized carbons (Fsp3) is 0.100. The predicted molar refractivity (Wildman–Crippen MR) is 107 cm³/mol. The van der Waals surface area contributed by atoms with Gasteiger partial charge in [0.1, 0.15) is 5.82 Å². The number of anilines is 1. The Labute approximate surface area is 168 Å². The third-order valence-electron chi connectivity index (χ3n) is 4.25. The molecule has 0 unspecified atom stereocenters. The van der Waals surface area contributed by atoms with E-state index in [4.69, 9.17) is 0 Å². The van der Waals surface area contributed by atoms with Gasteiger partial charge in [0.2, 0.25) is 0 Å². The van der Waals surface area contributed by atoms with Crippen LogP contribution in [0.4, 0.5) is 14.5 Å². The first kappa shape index (κ1) is 20.9. The summed E-state index contributed by atoms with van der Waals surface area (Å²) in [6.07, 6.45) is 0. The average Bonchev–Trinajstić information content (AvgIpc) is 2.70. The maximum atomic E-state index is 14.5. The Morgan fingerprint density at radius 1 is 0.828 bits per heavy atom. The molecule has 0 radical (unpaired) electrons. The Bertz CT molecular complexity index is 1240. The molecule has 5 nitrogen and oxygen atoms in total. The smallest absolute Gasteiger partial charge is 0.262 e. The molecule has 0 spiro atoms. The normalized spacial score (nSPS) is 12.0. The highest BCUT2D eigenvalue weighted by Gasteiger charge is 2.22. The molecule has 0 aliphatic heterocycles. The highest BCUT2D eigenvalue weighted by molar-refractivity contribution is 7.92. The molecule has 0 aromatic heterocycles. The van der Waals surface area contributed by atoms with Crippen molar-refractivity contribution in [3.8, 4) is 11.1 Å². The van der Waals surface area contributed by atoms with E-state index in [1.165, 1.54) is 19.1 Å². The molecule has 0 bridgehead atoms. The van der Waals surface area contributed by atoms with Crippen LogP contribution in [-0.4, -0.2) is 22.6 Å². The summed E-state index contributed by atoms with van der Waals surface area (Å²) in [5.74, 6) is -2.05. The van der Waals surface area contributed by atoms with Gasteiger partial charge in [-0.05, 0) is 35.9 Å². The van der Waals surface area contributed by atoms with E-state index in [1.54, 1.807) is 30.3 Å². The van der Waals surface area contributed by atoms with Crippen LogP contribution in [0.25, 0.3) is 11.1 Å². The van der Waals surface area contributed by atoms with Crippen molar-refractivity contribution in [2.45, 2.75) is 16.7 Å². The van der Waals surface area contributed by atoms with Crippen molar-refractivity contribution in [2.75, 3.05) is 10.5 Å². The number of hydrogen-bond acceptors (Lipinski definition) is 4. The summed E-state index contributed by atoms with van der Waals surface area (Å²) < 4.78 is 79.6. The second-order valence-electron chi connectivity index (χ2n) is 6.16. The van der Waals surface area contributed by atoms with Gasteiger partial charge >= 0.3 is 0 Å². The highest BCUT2D eigenvalue weighted by atomic mass is 32.2. The molecule has 3 aromatic rings. The lowest BCUT2D eigenvalue weighted by atomic mass is 10.0. The fourth-order valence-electron chi connectivity index (χ4n) is 2.71. The lowest BCUT2D eigenvalue weighted by Crippen LogP contribution is -2.15. The van der Waals surface area contributed by atoms with Crippen LogP contribution >= 0.6 is 0 Å². The molecule has 0 saturated carbocycles. The number of hydrogen-bond donors (Lipinski definition) is 1. The van der Waals surface area contributed by atoms with Crippen molar-refractivity contribution in [3.05, 3.63) is 78.4 Å². The molecule has 0 aliphatic rings. The van der Waals surface area contributed by atoms with Gasteiger partial charge in [0.15, 0.2) is 15.7 Å². The molecule has 152 valence electrons. The van der Waals surface area contributed by atoms with E-state index in [9.17, 15) is 25.6 Å². The van der Waals surface area contributed by atoms with Crippen molar-refractivity contribution < 1.29 is 25.6 Å². The second-order valence-corrected chi connectivity index (χ2v) is 10.1. The van der Waals surface area contributed by atoms with Crippen LogP contribution in [0.5, 0.6) is 0 Å². The SMILES string of the molecule is CCS(=O)(=O)c1ccc(S(=O)(=O)Nc2c(F)cc(F)cc2-c2ccccc2)cc1. The molecule has 0 amide bonds. The minimum atomic E-state index is -4.26. The molecule has 29 heavy (non-hydrogen) atoms. The molecule has 0 saturated heterocycles. The third kappa shape index (κ3) is 4.46. The van der Waals surface area contributed by atoms with Gasteiger partial charge in [-0.3, -0.25) is 4.72 Å². The van der Waals surface area contributed by atoms with Gasteiger partial charge in [-0.15, -0.1) is 0 Å². The average molecular weight is 437 g/mol. The van der Waals surface area contributed by atoms with Crippen molar-refractivity contribution in [1.82, 2.24) is 0 Å². The molecule has 3 aromatic carbocycles.